The highest BCUT2D eigenvalue weighted by Crippen LogP contribution is 2.38. The van der Waals surface area contributed by atoms with Gasteiger partial charge in [0.15, 0.2) is 5.78 Å². The number of benzene rings is 1. The predicted octanol–water partition coefficient (Wildman–Crippen LogP) is 5.27. The third kappa shape index (κ3) is 1.93. The first-order valence-corrected chi connectivity index (χ1v) is 8.61. The second-order valence-corrected chi connectivity index (χ2v) is 7.34. The van der Waals surface area contributed by atoms with Gasteiger partial charge in [0, 0.05) is 15.5 Å². The SMILES string of the molecule is O=C(c1cc2ccccc2s1)C1CCCc2sccc21. The van der Waals surface area contributed by atoms with E-state index in [1.54, 1.807) is 22.7 Å². The molecule has 0 radical (unpaired) electrons. The highest BCUT2D eigenvalue weighted by atomic mass is 32.1. The summed E-state index contributed by atoms with van der Waals surface area (Å²) in [5.41, 5.74) is 1.28. The number of Topliss-reactive ketones (excluding diaryl/α,β-unsaturated/α-hetero) is 1. The van der Waals surface area contributed by atoms with Crippen LogP contribution in [0, 0.1) is 0 Å². The lowest BCUT2D eigenvalue weighted by Crippen LogP contribution is -2.16. The molecule has 0 saturated heterocycles. The molecule has 0 spiro atoms. The number of rotatable bonds is 2. The highest BCUT2D eigenvalue weighted by molar-refractivity contribution is 7.20. The van der Waals surface area contributed by atoms with Crippen molar-refractivity contribution in [3.63, 3.8) is 0 Å². The fraction of sp³-hybridized carbons (Fsp3) is 0.235. The number of carbonyl (C=O) groups excluding carboxylic acids is 1. The molecule has 1 aliphatic rings. The lowest BCUT2D eigenvalue weighted by atomic mass is 9.84. The van der Waals surface area contributed by atoms with E-state index in [0.717, 1.165) is 24.1 Å². The maximum absolute atomic E-state index is 12.8. The largest absolute Gasteiger partial charge is 0.293 e. The first kappa shape index (κ1) is 12.3. The first-order valence-electron chi connectivity index (χ1n) is 6.92. The Morgan fingerprint density at radius 3 is 3.00 bits per heavy atom. The number of thiophene rings is 2. The zero-order valence-electron chi connectivity index (χ0n) is 11.0. The van der Waals surface area contributed by atoms with Gasteiger partial charge in [0.1, 0.15) is 0 Å². The van der Waals surface area contributed by atoms with Crippen LogP contribution in [-0.4, -0.2) is 5.78 Å². The van der Waals surface area contributed by atoms with Gasteiger partial charge in [0.25, 0.3) is 0 Å². The molecule has 1 atom stereocenters. The number of aryl methyl sites for hydroxylation is 1. The van der Waals surface area contributed by atoms with E-state index in [1.165, 1.54) is 20.5 Å². The molecule has 3 heteroatoms. The molecule has 1 unspecified atom stereocenters. The maximum atomic E-state index is 12.8. The van der Waals surface area contributed by atoms with E-state index in [2.05, 4.69) is 29.6 Å². The van der Waals surface area contributed by atoms with Crippen LogP contribution in [0.3, 0.4) is 0 Å². The predicted molar refractivity (Wildman–Crippen MR) is 86.2 cm³/mol. The molecule has 3 aromatic rings. The molecule has 1 aliphatic carbocycles. The first-order chi connectivity index (χ1) is 9.83. The van der Waals surface area contributed by atoms with Gasteiger partial charge in [-0.1, -0.05) is 18.2 Å². The normalized spacial score (nSPS) is 18.1. The quantitative estimate of drug-likeness (QED) is 0.589. The highest BCUT2D eigenvalue weighted by Gasteiger charge is 2.28. The number of hydrogen-bond acceptors (Lipinski definition) is 3. The van der Waals surface area contributed by atoms with Crippen molar-refractivity contribution in [2.75, 3.05) is 0 Å². The van der Waals surface area contributed by atoms with Gasteiger partial charge in [-0.2, -0.15) is 0 Å². The molecule has 1 aromatic carbocycles. The zero-order chi connectivity index (χ0) is 13.5. The van der Waals surface area contributed by atoms with E-state index in [0.29, 0.717) is 5.78 Å². The standard InChI is InChI=1S/C17H14OS2/c18-17(13-5-3-7-15-12(13)8-9-19-15)16-10-11-4-1-2-6-14(11)20-16/h1-2,4,6,8-10,13H,3,5,7H2. The molecule has 0 N–H and O–H groups in total. The van der Waals surface area contributed by atoms with Crippen molar-refractivity contribution in [3.8, 4) is 0 Å². The van der Waals surface area contributed by atoms with Gasteiger partial charge in [-0.3, -0.25) is 4.79 Å². The molecule has 0 amide bonds. The van der Waals surface area contributed by atoms with Gasteiger partial charge < -0.3 is 0 Å². The molecule has 20 heavy (non-hydrogen) atoms. The van der Waals surface area contributed by atoms with Crippen molar-refractivity contribution in [1.29, 1.82) is 0 Å². The van der Waals surface area contributed by atoms with Crippen LogP contribution in [0.5, 0.6) is 0 Å². The van der Waals surface area contributed by atoms with Crippen molar-refractivity contribution in [2.45, 2.75) is 25.2 Å². The Balaban J connectivity index is 1.74. The summed E-state index contributed by atoms with van der Waals surface area (Å²) in [6, 6.07) is 12.4. The fourth-order valence-corrected chi connectivity index (χ4v) is 5.08. The minimum absolute atomic E-state index is 0.0815. The molecule has 4 rings (SSSR count). The van der Waals surface area contributed by atoms with Crippen LogP contribution in [0.1, 0.15) is 38.9 Å². The van der Waals surface area contributed by atoms with Crippen molar-refractivity contribution in [3.05, 3.63) is 57.1 Å². The van der Waals surface area contributed by atoms with Gasteiger partial charge in [0.05, 0.1) is 4.88 Å². The summed E-state index contributed by atoms with van der Waals surface area (Å²) < 4.78 is 1.21. The monoisotopic (exact) mass is 298 g/mol. The third-order valence-electron chi connectivity index (χ3n) is 4.04. The molecule has 0 fully saturated rings. The third-order valence-corrected chi connectivity index (χ3v) is 6.16. The summed E-state index contributed by atoms with van der Waals surface area (Å²) in [5.74, 6) is 0.392. The average molecular weight is 298 g/mol. The Morgan fingerprint density at radius 1 is 1.20 bits per heavy atom. The van der Waals surface area contributed by atoms with E-state index < -0.39 is 0 Å². The fourth-order valence-electron chi connectivity index (χ4n) is 3.03. The number of carbonyl (C=O) groups is 1. The minimum Gasteiger partial charge on any atom is -0.293 e. The molecular weight excluding hydrogens is 284 g/mol. The van der Waals surface area contributed by atoms with Crippen molar-refractivity contribution in [2.24, 2.45) is 0 Å². The van der Waals surface area contributed by atoms with Crippen LogP contribution in [-0.2, 0) is 6.42 Å². The summed E-state index contributed by atoms with van der Waals surface area (Å²) in [5, 5.41) is 3.31. The van der Waals surface area contributed by atoms with Crippen LogP contribution in [0.2, 0.25) is 0 Å². The Labute approximate surface area is 125 Å². The summed E-state index contributed by atoms with van der Waals surface area (Å²) in [6.45, 7) is 0. The second-order valence-electron chi connectivity index (χ2n) is 5.26. The molecule has 2 heterocycles. The van der Waals surface area contributed by atoms with Gasteiger partial charge in [0.2, 0.25) is 0 Å². The Morgan fingerprint density at radius 2 is 2.10 bits per heavy atom. The van der Waals surface area contributed by atoms with Gasteiger partial charge in [-0.25, -0.2) is 0 Å². The van der Waals surface area contributed by atoms with Crippen molar-refractivity contribution >= 4 is 38.5 Å². The van der Waals surface area contributed by atoms with Crippen LogP contribution < -0.4 is 0 Å². The van der Waals surface area contributed by atoms with E-state index in [4.69, 9.17) is 0 Å². The summed E-state index contributed by atoms with van der Waals surface area (Å²) in [4.78, 5) is 15.2. The van der Waals surface area contributed by atoms with Crippen LogP contribution >= 0.6 is 22.7 Å². The number of ketones is 1. The Bertz CT molecular complexity index is 748. The van der Waals surface area contributed by atoms with Crippen LogP contribution in [0.25, 0.3) is 10.1 Å². The van der Waals surface area contributed by atoms with Crippen molar-refractivity contribution < 1.29 is 4.79 Å². The van der Waals surface area contributed by atoms with Crippen molar-refractivity contribution in [1.82, 2.24) is 0 Å². The topological polar surface area (TPSA) is 17.1 Å². The molecule has 1 nitrogen and oxygen atoms in total. The molecule has 0 aliphatic heterocycles. The Hall–Kier alpha value is -1.45. The van der Waals surface area contributed by atoms with E-state index in [-0.39, 0.29) is 5.92 Å². The molecule has 100 valence electrons. The molecular formula is C17H14OS2. The lowest BCUT2D eigenvalue weighted by Gasteiger charge is -2.20. The Kier molecular flexibility index (Phi) is 2.97. The van der Waals surface area contributed by atoms with Gasteiger partial charge in [-0.05, 0) is 53.8 Å². The van der Waals surface area contributed by atoms with Crippen LogP contribution in [0.4, 0.5) is 0 Å². The average Bonchev–Trinajstić information content (AvgIpc) is 3.12. The van der Waals surface area contributed by atoms with E-state index in [1.807, 2.05) is 12.1 Å². The lowest BCUT2D eigenvalue weighted by molar-refractivity contribution is 0.0955. The minimum atomic E-state index is 0.0815. The smallest absolute Gasteiger partial charge is 0.180 e. The maximum Gasteiger partial charge on any atom is 0.180 e. The van der Waals surface area contributed by atoms with Gasteiger partial charge in [-0.15, -0.1) is 22.7 Å². The van der Waals surface area contributed by atoms with E-state index >= 15 is 0 Å². The summed E-state index contributed by atoms with van der Waals surface area (Å²) >= 11 is 3.43. The van der Waals surface area contributed by atoms with Crippen LogP contribution in [0.15, 0.2) is 41.8 Å². The summed E-state index contributed by atoms with van der Waals surface area (Å²) in [7, 11) is 0. The number of fused-ring (bicyclic) bond motifs is 2. The van der Waals surface area contributed by atoms with E-state index in [9.17, 15) is 4.79 Å². The molecule has 2 aromatic heterocycles. The summed E-state index contributed by atoms with van der Waals surface area (Å²) in [6.07, 6.45) is 3.27. The molecule has 0 bridgehead atoms. The zero-order valence-corrected chi connectivity index (χ0v) is 12.6. The van der Waals surface area contributed by atoms with Gasteiger partial charge >= 0.3 is 0 Å². The second kappa shape index (κ2) is 4.83. The number of hydrogen-bond donors (Lipinski definition) is 0. The molecule has 0 saturated carbocycles.